The number of benzene rings is 2. The van der Waals surface area contributed by atoms with Gasteiger partial charge in [-0.1, -0.05) is 30.3 Å². The molecule has 3 N–H and O–H groups in total. The summed E-state index contributed by atoms with van der Waals surface area (Å²) in [7, 11) is -0.410. The monoisotopic (exact) mass is 389 g/mol. The molecule has 7 heteroatoms. The van der Waals surface area contributed by atoms with Crippen molar-refractivity contribution in [2.24, 2.45) is 0 Å². The van der Waals surface area contributed by atoms with Gasteiger partial charge in [-0.15, -0.1) is 0 Å². The van der Waals surface area contributed by atoms with Crippen molar-refractivity contribution >= 4 is 25.1 Å². The van der Waals surface area contributed by atoms with Crippen LogP contribution in [0.25, 0.3) is 6.08 Å². The van der Waals surface area contributed by atoms with Gasteiger partial charge in [0.05, 0.1) is 13.3 Å². The zero-order valence-electron chi connectivity index (χ0n) is 15.4. The molecule has 6 nitrogen and oxygen atoms in total. The molecule has 0 heterocycles. The summed E-state index contributed by atoms with van der Waals surface area (Å²) in [6, 6.07) is 14.6. The van der Waals surface area contributed by atoms with Crippen molar-refractivity contribution in [3.05, 3.63) is 65.2 Å². The Morgan fingerprint density at radius 1 is 1.22 bits per heavy atom. The number of methoxy groups -OCH3 is 1. The predicted molar refractivity (Wildman–Crippen MR) is 108 cm³/mol. The van der Waals surface area contributed by atoms with Crippen molar-refractivity contribution in [3.63, 3.8) is 0 Å². The number of carbonyl (C=O) groups is 1. The Bertz CT molecular complexity index is 864. The third-order valence-electron chi connectivity index (χ3n) is 4.14. The third kappa shape index (κ3) is 6.27. The van der Waals surface area contributed by atoms with Crippen molar-refractivity contribution in [1.82, 2.24) is 0 Å². The van der Waals surface area contributed by atoms with Gasteiger partial charge in [0, 0.05) is 30.0 Å². The van der Waals surface area contributed by atoms with Crippen LogP contribution in [0.15, 0.2) is 54.1 Å². The number of hydrogen-bond acceptors (Lipinski definition) is 4. The molecule has 0 aromatic heterocycles. The second kappa shape index (κ2) is 9.40. The van der Waals surface area contributed by atoms with Gasteiger partial charge in [-0.2, -0.15) is 0 Å². The second-order valence-corrected chi connectivity index (χ2v) is 8.60. The molecule has 0 radical (unpaired) electrons. The Morgan fingerprint density at radius 2 is 1.93 bits per heavy atom. The van der Waals surface area contributed by atoms with E-state index in [1.165, 1.54) is 13.2 Å². The van der Waals surface area contributed by atoms with Crippen molar-refractivity contribution in [3.8, 4) is 5.75 Å². The maximum atomic E-state index is 12.6. The molecular formula is C20H24NO5P. The molecule has 2 aromatic carbocycles. The molecule has 0 fully saturated rings. The van der Waals surface area contributed by atoms with Crippen LogP contribution in [0.4, 0.5) is 5.69 Å². The molecule has 0 bridgehead atoms. The minimum Gasteiger partial charge on any atom is -0.497 e. The number of anilines is 1. The van der Waals surface area contributed by atoms with Crippen molar-refractivity contribution in [2.75, 3.05) is 31.8 Å². The quantitative estimate of drug-likeness (QED) is 0.447. The lowest BCUT2D eigenvalue weighted by molar-refractivity contribution is -0.132. The van der Waals surface area contributed by atoms with Gasteiger partial charge < -0.3 is 20.1 Å². The van der Waals surface area contributed by atoms with E-state index in [-0.39, 0.29) is 11.7 Å². The van der Waals surface area contributed by atoms with Crippen LogP contribution < -0.4 is 10.1 Å². The van der Waals surface area contributed by atoms with E-state index in [1.54, 1.807) is 25.2 Å². The number of carboxylic acid groups (broad SMARTS) is 1. The molecule has 1 atom stereocenters. The zero-order valence-corrected chi connectivity index (χ0v) is 16.3. The molecule has 0 saturated heterocycles. The fourth-order valence-corrected chi connectivity index (χ4v) is 4.20. The third-order valence-corrected chi connectivity index (χ3v) is 5.90. The SMILES string of the molecule is CNc1ccc(OC)cc1/C=C(\CP(=O)(O)CCc1ccccc1)C(=O)O. The number of aliphatic carboxylic acids is 1. The van der Waals surface area contributed by atoms with Gasteiger partial charge in [0.1, 0.15) is 5.75 Å². The molecule has 0 aliphatic heterocycles. The molecule has 27 heavy (non-hydrogen) atoms. The van der Waals surface area contributed by atoms with Gasteiger partial charge in [0.15, 0.2) is 0 Å². The molecule has 2 aromatic rings. The van der Waals surface area contributed by atoms with E-state index in [2.05, 4.69) is 5.32 Å². The number of aryl methyl sites for hydroxylation is 1. The van der Waals surface area contributed by atoms with E-state index in [0.29, 0.717) is 23.4 Å². The predicted octanol–water partition coefficient (Wildman–Crippen LogP) is 3.72. The summed E-state index contributed by atoms with van der Waals surface area (Å²) in [5.74, 6) is -0.643. The van der Waals surface area contributed by atoms with Gasteiger partial charge in [-0.3, -0.25) is 4.57 Å². The van der Waals surface area contributed by atoms with Crippen LogP contribution in [0, 0.1) is 0 Å². The summed E-state index contributed by atoms with van der Waals surface area (Å²) < 4.78 is 17.8. The lowest BCUT2D eigenvalue weighted by atomic mass is 10.1. The minimum absolute atomic E-state index is 0.0264. The lowest BCUT2D eigenvalue weighted by Crippen LogP contribution is -2.09. The van der Waals surface area contributed by atoms with Crippen molar-refractivity contribution < 1.29 is 24.1 Å². The van der Waals surface area contributed by atoms with Gasteiger partial charge in [-0.25, -0.2) is 4.79 Å². The van der Waals surface area contributed by atoms with E-state index in [0.717, 1.165) is 5.56 Å². The van der Waals surface area contributed by atoms with E-state index < -0.39 is 19.5 Å². The average Bonchev–Trinajstić information content (AvgIpc) is 2.66. The van der Waals surface area contributed by atoms with E-state index >= 15 is 0 Å². The molecular weight excluding hydrogens is 365 g/mol. The highest BCUT2D eigenvalue weighted by Crippen LogP contribution is 2.43. The van der Waals surface area contributed by atoms with E-state index in [9.17, 15) is 19.4 Å². The molecule has 0 saturated carbocycles. The molecule has 2 rings (SSSR count). The molecule has 0 amide bonds. The summed E-state index contributed by atoms with van der Waals surface area (Å²) in [5, 5.41) is 12.5. The largest absolute Gasteiger partial charge is 0.497 e. The summed E-state index contributed by atoms with van der Waals surface area (Å²) in [4.78, 5) is 22.0. The first-order valence-electron chi connectivity index (χ1n) is 8.49. The van der Waals surface area contributed by atoms with Gasteiger partial charge >= 0.3 is 5.97 Å². The number of rotatable bonds is 9. The first kappa shape index (κ1) is 20.7. The highest BCUT2D eigenvalue weighted by molar-refractivity contribution is 7.58. The topological polar surface area (TPSA) is 95.9 Å². The fraction of sp³-hybridized carbons (Fsp3) is 0.250. The second-order valence-electron chi connectivity index (χ2n) is 6.14. The van der Waals surface area contributed by atoms with Crippen molar-refractivity contribution in [1.29, 1.82) is 0 Å². The van der Waals surface area contributed by atoms with Crippen LogP contribution in [0.3, 0.4) is 0 Å². The average molecular weight is 389 g/mol. The first-order valence-corrected chi connectivity index (χ1v) is 10.5. The molecule has 1 unspecified atom stereocenters. The number of carboxylic acids is 1. The summed E-state index contributed by atoms with van der Waals surface area (Å²) in [6.45, 7) is 0. The number of hydrogen-bond donors (Lipinski definition) is 3. The molecule has 0 aliphatic carbocycles. The Labute approximate surface area is 159 Å². The Morgan fingerprint density at radius 3 is 2.52 bits per heavy atom. The Balaban J connectivity index is 2.23. The van der Waals surface area contributed by atoms with Gasteiger partial charge in [-0.05, 0) is 36.3 Å². The highest BCUT2D eigenvalue weighted by atomic mass is 31.2. The van der Waals surface area contributed by atoms with E-state index in [4.69, 9.17) is 4.74 Å². The van der Waals surface area contributed by atoms with Crippen LogP contribution in [0.5, 0.6) is 5.75 Å². The summed E-state index contributed by atoms with van der Waals surface area (Å²) >= 11 is 0. The smallest absolute Gasteiger partial charge is 0.332 e. The Hall–Kier alpha value is -2.56. The van der Waals surface area contributed by atoms with Crippen LogP contribution in [0.1, 0.15) is 11.1 Å². The van der Waals surface area contributed by atoms with Crippen molar-refractivity contribution in [2.45, 2.75) is 6.42 Å². The minimum atomic E-state index is -3.65. The van der Waals surface area contributed by atoms with Gasteiger partial charge in [0.2, 0.25) is 7.37 Å². The van der Waals surface area contributed by atoms with Crippen LogP contribution >= 0.6 is 7.37 Å². The highest BCUT2D eigenvalue weighted by Gasteiger charge is 2.24. The van der Waals surface area contributed by atoms with Crippen LogP contribution in [0.2, 0.25) is 0 Å². The number of nitrogens with one attached hydrogen (secondary N) is 1. The Kier molecular flexibility index (Phi) is 7.22. The standard InChI is InChI=1S/C20H24NO5P/c1-21-19-9-8-18(26-2)13-16(19)12-17(20(22)23)14-27(24,25)11-10-15-6-4-3-5-7-15/h3-9,12-13,21H,10-11,14H2,1-2H3,(H,22,23)(H,24,25)/b17-12+. The summed E-state index contributed by atoms with van der Waals surface area (Å²) in [6.07, 6.45) is 1.47. The maximum Gasteiger partial charge on any atom is 0.332 e. The molecule has 0 aliphatic rings. The molecule has 144 valence electrons. The molecule has 0 spiro atoms. The fourth-order valence-electron chi connectivity index (χ4n) is 2.67. The van der Waals surface area contributed by atoms with Crippen LogP contribution in [-0.2, 0) is 15.8 Å². The summed E-state index contributed by atoms with van der Waals surface area (Å²) in [5.41, 5.74) is 2.11. The van der Waals surface area contributed by atoms with Crippen LogP contribution in [-0.4, -0.2) is 42.5 Å². The first-order chi connectivity index (χ1) is 12.8. The van der Waals surface area contributed by atoms with E-state index in [1.807, 2.05) is 30.3 Å². The zero-order chi connectivity index (χ0) is 19.9. The lowest BCUT2D eigenvalue weighted by Gasteiger charge is -2.13. The normalized spacial score (nSPS) is 13.7. The van der Waals surface area contributed by atoms with Gasteiger partial charge in [0.25, 0.3) is 0 Å². The number of ether oxygens (including phenoxy) is 1. The maximum absolute atomic E-state index is 12.6.